The fourth-order valence-electron chi connectivity index (χ4n) is 3.44. The van der Waals surface area contributed by atoms with Crippen LogP contribution in [0.2, 0.25) is 0 Å². The van der Waals surface area contributed by atoms with Gasteiger partial charge in [0.15, 0.2) is 0 Å². The molecule has 2 fully saturated rings. The number of amides is 2. The van der Waals surface area contributed by atoms with E-state index in [2.05, 4.69) is 0 Å². The molecule has 24 heavy (non-hydrogen) atoms. The summed E-state index contributed by atoms with van der Waals surface area (Å²) in [5.41, 5.74) is 0.348. The molecule has 0 saturated carbocycles. The first-order valence-corrected chi connectivity index (χ1v) is 8.17. The number of hydrogen-bond acceptors (Lipinski definition) is 3. The lowest BCUT2D eigenvalue weighted by molar-refractivity contribution is -0.129. The molecule has 0 bridgehead atoms. The van der Waals surface area contributed by atoms with E-state index >= 15 is 0 Å². The lowest BCUT2D eigenvalue weighted by Gasteiger charge is -2.55. The van der Waals surface area contributed by atoms with Crippen molar-refractivity contribution in [2.75, 3.05) is 18.0 Å². The van der Waals surface area contributed by atoms with Crippen LogP contribution in [0.4, 0.5) is 10.5 Å². The molecule has 2 aliphatic rings. The van der Waals surface area contributed by atoms with Gasteiger partial charge in [0.05, 0.1) is 12.0 Å². The third-order valence-corrected chi connectivity index (χ3v) is 4.56. The Morgan fingerprint density at radius 2 is 1.71 bits per heavy atom. The monoisotopic (exact) mass is 352 g/mol. The van der Waals surface area contributed by atoms with Crippen molar-refractivity contribution in [2.24, 2.45) is 0 Å². The molecule has 0 atom stereocenters. The Bertz CT molecular complexity index is 604. The summed E-state index contributed by atoms with van der Waals surface area (Å²) in [5, 5.41) is 0. The van der Waals surface area contributed by atoms with Crippen LogP contribution < -0.4 is 4.90 Å². The molecule has 0 aliphatic carbocycles. The van der Waals surface area contributed by atoms with Crippen LogP contribution in [0.3, 0.4) is 0 Å². The standard InChI is InChI=1S/C18H24N2O3.ClH/c1-17(2,3)23-16(22)19-11-9-18(10-12-19)13-15(21)20(18)14-7-5-4-6-8-14;/h4-8H,9-13H2,1-3H3;1H. The Kier molecular flexibility index (Phi) is 5.14. The van der Waals surface area contributed by atoms with Crippen molar-refractivity contribution in [3.05, 3.63) is 30.3 Å². The third-order valence-electron chi connectivity index (χ3n) is 4.56. The summed E-state index contributed by atoms with van der Waals surface area (Å²) in [6, 6.07) is 9.79. The van der Waals surface area contributed by atoms with Gasteiger partial charge in [-0.3, -0.25) is 4.79 Å². The summed E-state index contributed by atoms with van der Waals surface area (Å²) in [4.78, 5) is 28.0. The van der Waals surface area contributed by atoms with Gasteiger partial charge in [0.1, 0.15) is 5.60 Å². The SMILES string of the molecule is CC(C)(C)OC(=O)N1CCC2(CC1)CC(=O)N2c1ccccc1.Cl. The Balaban J connectivity index is 0.00000208. The Hall–Kier alpha value is -1.75. The second-order valence-corrected chi connectivity index (χ2v) is 7.43. The van der Waals surface area contributed by atoms with Crippen molar-refractivity contribution in [1.82, 2.24) is 4.90 Å². The van der Waals surface area contributed by atoms with Gasteiger partial charge in [-0.15, -0.1) is 12.4 Å². The predicted octanol–water partition coefficient (Wildman–Crippen LogP) is 3.61. The van der Waals surface area contributed by atoms with Crippen molar-refractivity contribution in [1.29, 1.82) is 0 Å². The molecule has 0 unspecified atom stereocenters. The Morgan fingerprint density at radius 1 is 1.12 bits per heavy atom. The maximum absolute atomic E-state index is 12.2. The smallest absolute Gasteiger partial charge is 0.410 e. The van der Waals surface area contributed by atoms with Gasteiger partial charge in [0.2, 0.25) is 5.91 Å². The Morgan fingerprint density at radius 3 is 2.21 bits per heavy atom. The molecule has 5 nitrogen and oxygen atoms in total. The lowest BCUT2D eigenvalue weighted by atomic mass is 9.75. The van der Waals surface area contributed by atoms with E-state index in [0.717, 1.165) is 18.5 Å². The van der Waals surface area contributed by atoms with E-state index in [9.17, 15) is 9.59 Å². The normalized spacial score (nSPS) is 19.5. The zero-order valence-electron chi connectivity index (χ0n) is 14.4. The molecule has 2 heterocycles. The van der Waals surface area contributed by atoms with Gasteiger partial charge in [0, 0.05) is 18.8 Å². The summed E-state index contributed by atoms with van der Waals surface area (Å²) in [6.07, 6.45) is 1.91. The molecular weight excluding hydrogens is 328 g/mol. The van der Waals surface area contributed by atoms with Crippen molar-refractivity contribution < 1.29 is 14.3 Å². The molecule has 132 valence electrons. The highest BCUT2D eigenvalue weighted by Gasteiger charge is 2.53. The highest BCUT2D eigenvalue weighted by Crippen LogP contribution is 2.44. The second kappa shape index (κ2) is 6.63. The zero-order chi connectivity index (χ0) is 16.7. The maximum Gasteiger partial charge on any atom is 0.410 e. The van der Waals surface area contributed by atoms with Crippen LogP contribution in [0.5, 0.6) is 0 Å². The largest absolute Gasteiger partial charge is 0.444 e. The quantitative estimate of drug-likeness (QED) is 0.725. The van der Waals surface area contributed by atoms with E-state index in [1.54, 1.807) is 4.90 Å². The number of ether oxygens (including phenoxy) is 1. The van der Waals surface area contributed by atoms with Crippen molar-refractivity contribution in [3.8, 4) is 0 Å². The molecule has 0 N–H and O–H groups in total. The molecule has 2 saturated heterocycles. The lowest BCUT2D eigenvalue weighted by Crippen LogP contribution is -2.68. The molecule has 6 heteroatoms. The van der Waals surface area contributed by atoms with Crippen LogP contribution in [-0.2, 0) is 9.53 Å². The number of hydrogen-bond donors (Lipinski definition) is 0. The fraction of sp³-hybridized carbons (Fsp3) is 0.556. The van der Waals surface area contributed by atoms with Crippen molar-refractivity contribution >= 4 is 30.1 Å². The van der Waals surface area contributed by atoms with Crippen LogP contribution in [0.1, 0.15) is 40.0 Å². The first-order valence-electron chi connectivity index (χ1n) is 8.17. The highest BCUT2D eigenvalue weighted by molar-refractivity contribution is 6.02. The summed E-state index contributed by atoms with van der Waals surface area (Å²) in [6.45, 7) is 6.88. The summed E-state index contributed by atoms with van der Waals surface area (Å²) < 4.78 is 5.44. The molecular formula is C18H25ClN2O3. The number of likely N-dealkylation sites (tertiary alicyclic amines) is 1. The molecule has 1 spiro atoms. The number of β-lactam (4-membered cyclic amide) rings is 1. The molecule has 2 aliphatic heterocycles. The van der Waals surface area contributed by atoms with Crippen LogP contribution in [0, 0.1) is 0 Å². The topological polar surface area (TPSA) is 49.9 Å². The van der Waals surface area contributed by atoms with E-state index in [1.807, 2.05) is 56.0 Å². The molecule has 2 amide bonds. The minimum Gasteiger partial charge on any atom is -0.444 e. The van der Waals surface area contributed by atoms with Crippen LogP contribution in [-0.4, -0.2) is 41.1 Å². The van der Waals surface area contributed by atoms with Gasteiger partial charge in [-0.1, -0.05) is 18.2 Å². The fourth-order valence-corrected chi connectivity index (χ4v) is 3.44. The number of rotatable bonds is 1. The number of carbonyl (C=O) groups excluding carboxylic acids is 2. The number of nitrogens with zero attached hydrogens (tertiary/aromatic N) is 2. The third kappa shape index (κ3) is 3.51. The van der Waals surface area contributed by atoms with E-state index in [0.29, 0.717) is 19.5 Å². The van der Waals surface area contributed by atoms with Gasteiger partial charge in [-0.05, 0) is 45.7 Å². The van der Waals surface area contributed by atoms with Gasteiger partial charge >= 0.3 is 6.09 Å². The number of carbonyl (C=O) groups is 2. The van der Waals surface area contributed by atoms with Gasteiger partial charge in [-0.25, -0.2) is 4.79 Å². The van der Waals surface area contributed by atoms with Gasteiger partial charge in [0.25, 0.3) is 0 Å². The van der Waals surface area contributed by atoms with E-state index in [1.165, 1.54) is 0 Å². The van der Waals surface area contributed by atoms with Crippen LogP contribution in [0.25, 0.3) is 0 Å². The molecule has 0 radical (unpaired) electrons. The molecule has 1 aromatic rings. The summed E-state index contributed by atoms with van der Waals surface area (Å²) in [5.74, 6) is 0.168. The van der Waals surface area contributed by atoms with E-state index in [-0.39, 0.29) is 29.9 Å². The highest BCUT2D eigenvalue weighted by atomic mass is 35.5. The predicted molar refractivity (Wildman–Crippen MR) is 95.6 cm³/mol. The van der Waals surface area contributed by atoms with Gasteiger partial charge < -0.3 is 14.5 Å². The van der Waals surface area contributed by atoms with Gasteiger partial charge in [-0.2, -0.15) is 0 Å². The van der Waals surface area contributed by atoms with Crippen LogP contribution in [0.15, 0.2) is 30.3 Å². The maximum atomic E-state index is 12.2. The average molecular weight is 353 g/mol. The minimum atomic E-state index is -0.477. The first kappa shape index (κ1) is 18.6. The number of benzene rings is 1. The van der Waals surface area contributed by atoms with Crippen molar-refractivity contribution in [2.45, 2.75) is 51.2 Å². The van der Waals surface area contributed by atoms with E-state index in [4.69, 9.17) is 4.74 Å². The number of piperidine rings is 1. The molecule has 3 rings (SSSR count). The van der Waals surface area contributed by atoms with Crippen LogP contribution >= 0.6 is 12.4 Å². The van der Waals surface area contributed by atoms with Crippen molar-refractivity contribution in [3.63, 3.8) is 0 Å². The zero-order valence-corrected chi connectivity index (χ0v) is 15.3. The summed E-state index contributed by atoms with van der Waals surface area (Å²) in [7, 11) is 0. The molecule has 1 aromatic carbocycles. The Labute approximate surface area is 149 Å². The average Bonchev–Trinajstić information content (AvgIpc) is 2.46. The van der Waals surface area contributed by atoms with E-state index < -0.39 is 5.60 Å². The molecule has 0 aromatic heterocycles. The minimum absolute atomic E-state index is 0. The number of anilines is 1. The number of halogens is 1. The first-order chi connectivity index (χ1) is 10.8. The second-order valence-electron chi connectivity index (χ2n) is 7.43. The number of para-hydroxylation sites is 1. The summed E-state index contributed by atoms with van der Waals surface area (Å²) >= 11 is 0.